The molecule has 0 unspecified atom stereocenters. The van der Waals surface area contributed by atoms with E-state index < -0.39 is 0 Å². The number of hydrogen-bond donors (Lipinski definition) is 1. The van der Waals surface area contributed by atoms with Gasteiger partial charge in [0.1, 0.15) is 0 Å². The second kappa shape index (κ2) is 6.57. The van der Waals surface area contributed by atoms with Crippen LogP contribution in [0.25, 0.3) is 0 Å². The van der Waals surface area contributed by atoms with Gasteiger partial charge in [0.2, 0.25) is 0 Å². The molecule has 0 spiro atoms. The Kier molecular flexibility index (Phi) is 5.27. The maximum atomic E-state index is 5.30. The molecular formula is C12H19NO. The number of fused-ring (bicyclic) bond motifs is 1. The maximum absolute atomic E-state index is 5.30. The maximum Gasteiger partial charge on any atom is 0.0719 e. The zero-order valence-electron chi connectivity index (χ0n) is 8.83. The average Bonchev–Trinajstić information content (AvgIpc) is 2.30. The van der Waals surface area contributed by atoms with Crippen LogP contribution in [0.1, 0.15) is 24.5 Å². The molecule has 1 heterocycles. The van der Waals surface area contributed by atoms with E-state index in [1.165, 1.54) is 11.1 Å². The van der Waals surface area contributed by atoms with Crippen LogP contribution in [0, 0.1) is 0 Å². The highest BCUT2D eigenvalue weighted by Crippen LogP contribution is 2.14. The molecule has 0 atom stereocenters. The molecule has 0 saturated carbocycles. The normalized spacial score (nSPS) is 13.9. The van der Waals surface area contributed by atoms with Crippen molar-refractivity contribution in [3.8, 4) is 0 Å². The summed E-state index contributed by atoms with van der Waals surface area (Å²) in [6, 6.07) is 8.46. The van der Waals surface area contributed by atoms with Crippen molar-refractivity contribution < 1.29 is 4.74 Å². The standard InChI is InChI=1S/C9H10O.C3H9N/c1-2-4-9-7-10-6-5-8(9)3-1;1-2-3-4/h1-4H,5-7H2;2-4H2,1H3. The molecule has 0 radical (unpaired) electrons. The highest BCUT2D eigenvalue weighted by Gasteiger charge is 2.06. The Balaban J connectivity index is 0.000000213. The molecule has 1 aliphatic rings. The predicted octanol–water partition coefficient (Wildman–Crippen LogP) is 2.11. The molecule has 0 aliphatic carbocycles. The van der Waals surface area contributed by atoms with Gasteiger partial charge in [0, 0.05) is 0 Å². The van der Waals surface area contributed by atoms with Crippen LogP contribution < -0.4 is 5.73 Å². The zero-order valence-corrected chi connectivity index (χ0v) is 8.83. The summed E-state index contributed by atoms with van der Waals surface area (Å²) in [6.45, 7) is 4.56. The molecule has 1 aromatic rings. The first kappa shape index (κ1) is 11.2. The fourth-order valence-corrected chi connectivity index (χ4v) is 1.31. The van der Waals surface area contributed by atoms with E-state index in [-0.39, 0.29) is 0 Å². The second-order valence-electron chi connectivity index (χ2n) is 3.36. The fraction of sp³-hybridized carbons (Fsp3) is 0.500. The molecule has 1 aliphatic heterocycles. The molecule has 2 heteroatoms. The van der Waals surface area contributed by atoms with Crippen molar-refractivity contribution in [2.24, 2.45) is 5.73 Å². The number of nitrogens with two attached hydrogens (primary N) is 1. The van der Waals surface area contributed by atoms with Crippen LogP contribution in [0.5, 0.6) is 0 Å². The Morgan fingerprint density at radius 1 is 1.29 bits per heavy atom. The van der Waals surface area contributed by atoms with Crippen molar-refractivity contribution in [3.63, 3.8) is 0 Å². The van der Waals surface area contributed by atoms with E-state index in [0.717, 1.165) is 32.6 Å². The monoisotopic (exact) mass is 193 g/mol. The van der Waals surface area contributed by atoms with Crippen LogP contribution >= 0.6 is 0 Å². The lowest BCUT2D eigenvalue weighted by molar-refractivity contribution is 0.111. The van der Waals surface area contributed by atoms with Crippen LogP contribution in [0.15, 0.2) is 24.3 Å². The SMILES string of the molecule is CCCN.c1ccc2c(c1)CCOC2. The largest absolute Gasteiger partial charge is 0.376 e. The summed E-state index contributed by atoms with van der Waals surface area (Å²) in [6.07, 6.45) is 2.18. The zero-order chi connectivity index (χ0) is 10.2. The number of benzene rings is 1. The van der Waals surface area contributed by atoms with Crippen LogP contribution in [0.2, 0.25) is 0 Å². The Labute approximate surface area is 86.1 Å². The topological polar surface area (TPSA) is 35.2 Å². The van der Waals surface area contributed by atoms with Crippen molar-refractivity contribution in [2.75, 3.05) is 13.2 Å². The van der Waals surface area contributed by atoms with Gasteiger partial charge in [-0.2, -0.15) is 0 Å². The minimum atomic E-state index is 0.802. The highest BCUT2D eigenvalue weighted by atomic mass is 16.5. The summed E-state index contributed by atoms with van der Waals surface area (Å²) in [5.41, 5.74) is 7.84. The lowest BCUT2D eigenvalue weighted by Gasteiger charge is -2.14. The van der Waals surface area contributed by atoms with E-state index in [1.807, 2.05) is 0 Å². The van der Waals surface area contributed by atoms with Crippen molar-refractivity contribution >= 4 is 0 Å². The molecule has 2 nitrogen and oxygen atoms in total. The first-order valence-corrected chi connectivity index (χ1v) is 5.23. The Bertz CT molecular complexity index is 233. The van der Waals surface area contributed by atoms with Gasteiger partial charge in [-0.05, 0) is 30.5 Å². The first-order valence-electron chi connectivity index (χ1n) is 5.23. The number of hydrogen-bond acceptors (Lipinski definition) is 2. The number of rotatable bonds is 1. The summed E-state index contributed by atoms with van der Waals surface area (Å²) in [5, 5.41) is 0. The summed E-state index contributed by atoms with van der Waals surface area (Å²) < 4.78 is 5.30. The van der Waals surface area contributed by atoms with Gasteiger partial charge >= 0.3 is 0 Å². The van der Waals surface area contributed by atoms with E-state index >= 15 is 0 Å². The van der Waals surface area contributed by atoms with Gasteiger partial charge in [-0.15, -0.1) is 0 Å². The molecule has 2 rings (SSSR count). The predicted molar refractivity (Wildman–Crippen MR) is 59.1 cm³/mol. The molecule has 0 saturated heterocycles. The quantitative estimate of drug-likeness (QED) is 0.741. The van der Waals surface area contributed by atoms with E-state index in [4.69, 9.17) is 10.5 Å². The Morgan fingerprint density at radius 3 is 2.50 bits per heavy atom. The summed E-state index contributed by atoms with van der Waals surface area (Å²) in [4.78, 5) is 0. The average molecular weight is 193 g/mol. The lowest BCUT2D eigenvalue weighted by Crippen LogP contribution is -2.08. The molecular weight excluding hydrogens is 174 g/mol. The molecule has 0 aromatic heterocycles. The number of ether oxygens (including phenoxy) is 1. The van der Waals surface area contributed by atoms with Gasteiger partial charge in [0.15, 0.2) is 0 Å². The van der Waals surface area contributed by atoms with Gasteiger partial charge in [0.05, 0.1) is 13.2 Å². The fourth-order valence-electron chi connectivity index (χ4n) is 1.31. The van der Waals surface area contributed by atoms with Crippen LogP contribution in [-0.4, -0.2) is 13.2 Å². The third-order valence-electron chi connectivity index (χ3n) is 2.18. The van der Waals surface area contributed by atoms with Gasteiger partial charge in [-0.25, -0.2) is 0 Å². The van der Waals surface area contributed by atoms with Crippen LogP contribution in [0.4, 0.5) is 0 Å². The highest BCUT2D eigenvalue weighted by molar-refractivity contribution is 5.27. The van der Waals surface area contributed by atoms with E-state index in [1.54, 1.807) is 0 Å². The van der Waals surface area contributed by atoms with Crippen molar-refractivity contribution in [2.45, 2.75) is 26.4 Å². The summed E-state index contributed by atoms with van der Waals surface area (Å²) >= 11 is 0. The van der Waals surface area contributed by atoms with Gasteiger partial charge in [-0.1, -0.05) is 31.2 Å². The molecule has 78 valence electrons. The van der Waals surface area contributed by atoms with Crippen molar-refractivity contribution in [1.29, 1.82) is 0 Å². The smallest absolute Gasteiger partial charge is 0.0719 e. The minimum Gasteiger partial charge on any atom is -0.376 e. The Hall–Kier alpha value is -0.860. The second-order valence-corrected chi connectivity index (χ2v) is 3.36. The molecule has 0 amide bonds. The third-order valence-corrected chi connectivity index (χ3v) is 2.18. The van der Waals surface area contributed by atoms with Gasteiger partial charge < -0.3 is 10.5 Å². The molecule has 0 bridgehead atoms. The molecule has 2 N–H and O–H groups in total. The Morgan fingerprint density at radius 2 is 1.93 bits per heavy atom. The van der Waals surface area contributed by atoms with Gasteiger partial charge in [0.25, 0.3) is 0 Å². The minimum absolute atomic E-state index is 0.802. The van der Waals surface area contributed by atoms with E-state index in [9.17, 15) is 0 Å². The van der Waals surface area contributed by atoms with E-state index in [2.05, 4.69) is 31.2 Å². The first-order chi connectivity index (χ1) is 6.88. The molecule has 1 aromatic carbocycles. The van der Waals surface area contributed by atoms with Gasteiger partial charge in [-0.3, -0.25) is 0 Å². The van der Waals surface area contributed by atoms with E-state index in [0.29, 0.717) is 0 Å². The summed E-state index contributed by atoms with van der Waals surface area (Å²) in [5.74, 6) is 0. The lowest BCUT2D eigenvalue weighted by atomic mass is 10.0. The summed E-state index contributed by atoms with van der Waals surface area (Å²) in [7, 11) is 0. The van der Waals surface area contributed by atoms with Crippen molar-refractivity contribution in [3.05, 3.63) is 35.4 Å². The van der Waals surface area contributed by atoms with Crippen LogP contribution in [0.3, 0.4) is 0 Å². The molecule has 14 heavy (non-hydrogen) atoms. The third kappa shape index (κ3) is 3.48. The van der Waals surface area contributed by atoms with Crippen LogP contribution in [-0.2, 0) is 17.8 Å². The molecule has 0 fully saturated rings. The van der Waals surface area contributed by atoms with Crippen molar-refractivity contribution in [1.82, 2.24) is 0 Å².